The van der Waals surface area contributed by atoms with Crippen molar-refractivity contribution in [2.24, 2.45) is 0 Å². The Labute approximate surface area is 163 Å². The highest BCUT2D eigenvalue weighted by Crippen LogP contribution is 2.36. The highest BCUT2D eigenvalue weighted by Gasteiger charge is 2.31. The second-order valence-electron chi connectivity index (χ2n) is 7.12. The highest BCUT2D eigenvalue weighted by molar-refractivity contribution is 5.71. The van der Waals surface area contributed by atoms with E-state index in [1.165, 1.54) is 10.6 Å². The van der Waals surface area contributed by atoms with Gasteiger partial charge in [-0.3, -0.25) is 4.40 Å². The van der Waals surface area contributed by atoms with Crippen LogP contribution in [0.15, 0.2) is 30.6 Å². The molecule has 0 spiro atoms. The van der Waals surface area contributed by atoms with E-state index in [2.05, 4.69) is 20.5 Å². The molecule has 7 nitrogen and oxygen atoms in total. The minimum Gasteiger partial charge on any atom is -0.507 e. The van der Waals surface area contributed by atoms with Crippen molar-refractivity contribution in [3.8, 4) is 17.1 Å². The predicted octanol–water partition coefficient (Wildman–Crippen LogP) is 2.97. The number of phenolic OH excluding ortho intramolecular Hbond substituents is 1. The molecule has 1 aliphatic heterocycles. The first-order valence-electron chi connectivity index (χ1n) is 8.92. The lowest BCUT2D eigenvalue weighted by atomic mass is 10.0. The zero-order valence-corrected chi connectivity index (χ0v) is 15.4. The molecule has 0 aliphatic carbocycles. The first-order valence-corrected chi connectivity index (χ1v) is 8.92. The number of hydrogen-bond donors (Lipinski definition) is 2. The van der Waals surface area contributed by atoms with Gasteiger partial charge in [-0.05, 0) is 25.2 Å². The normalized spacial score (nSPS) is 20.9. The summed E-state index contributed by atoms with van der Waals surface area (Å²) >= 11 is 0. The largest absolute Gasteiger partial charge is 0.507 e. The summed E-state index contributed by atoms with van der Waals surface area (Å²) in [7, 11) is 1.83. The van der Waals surface area contributed by atoms with Crippen LogP contribution in [0.5, 0.6) is 5.75 Å². The lowest BCUT2D eigenvalue weighted by Crippen LogP contribution is -2.45. The van der Waals surface area contributed by atoms with Crippen LogP contribution in [0, 0.1) is 0 Å². The van der Waals surface area contributed by atoms with Gasteiger partial charge in [0.25, 0.3) is 0 Å². The third-order valence-electron chi connectivity index (χ3n) is 4.81. The number of alkyl halides is 4. The molecule has 11 heteroatoms. The molecule has 0 bridgehead atoms. The van der Waals surface area contributed by atoms with Gasteiger partial charge in [-0.25, -0.2) is 9.37 Å². The van der Waals surface area contributed by atoms with Crippen molar-refractivity contribution < 1.29 is 22.7 Å². The van der Waals surface area contributed by atoms with E-state index in [1.54, 1.807) is 6.20 Å². The van der Waals surface area contributed by atoms with Crippen molar-refractivity contribution in [2.45, 2.75) is 24.8 Å². The van der Waals surface area contributed by atoms with E-state index < -0.39 is 23.7 Å². The van der Waals surface area contributed by atoms with E-state index in [-0.39, 0.29) is 17.4 Å². The third kappa shape index (κ3) is 3.82. The minimum absolute atomic E-state index is 0.0845. The fraction of sp³-hybridized carbons (Fsp3) is 0.389. The Morgan fingerprint density at radius 1 is 1.21 bits per heavy atom. The number of phenols is 1. The molecule has 3 heterocycles. The number of imidazole rings is 1. The van der Waals surface area contributed by atoms with Crippen LogP contribution in [0.4, 0.5) is 23.4 Å². The molecule has 2 N–H and O–H groups in total. The molecule has 0 amide bonds. The number of likely N-dealkylation sites (N-methyl/N-ethyl adjacent to an activating group) is 1. The first-order chi connectivity index (χ1) is 13.7. The number of benzene rings is 1. The van der Waals surface area contributed by atoms with Crippen molar-refractivity contribution in [3.05, 3.63) is 36.2 Å². The maximum absolute atomic E-state index is 13.8. The van der Waals surface area contributed by atoms with Gasteiger partial charge in [0.2, 0.25) is 0 Å². The average molecular weight is 410 g/mol. The standard InChI is InChI=1S/C18H18F4N6O/c1-27-8-11(19)7-12(9-27)24-15-17-23-4-5-28(17)16(26-25-15)13-3-2-10(6-14(13)29)18(20,21)22/h2-6,11-12,29H,7-9H2,1H3,(H,24,25)/t11-,12-/m0/s1. The second-order valence-corrected chi connectivity index (χ2v) is 7.12. The molecule has 2 atom stereocenters. The van der Waals surface area contributed by atoms with Crippen molar-refractivity contribution in [1.29, 1.82) is 0 Å². The molecule has 0 radical (unpaired) electrons. The van der Waals surface area contributed by atoms with Gasteiger partial charge < -0.3 is 15.3 Å². The number of hydrogen-bond acceptors (Lipinski definition) is 6. The van der Waals surface area contributed by atoms with Gasteiger partial charge in [0, 0.05) is 37.9 Å². The van der Waals surface area contributed by atoms with E-state index in [0.29, 0.717) is 37.0 Å². The maximum Gasteiger partial charge on any atom is 0.416 e. The summed E-state index contributed by atoms with van der Waals surface area (Å²) in [6.07, 6.45) is -2.16. The van der Waals surface area contributed by atoms with Crippen LogP contribution in [0.25, 0.3) is 17.0 Å². The van der Waals surface area contributed by atoms with Crippen LogP contribution >= 0.6 is 0 Å². The molecule has 1 aliphatic rings. The molecule has 4 rings (SSSR count). The summed E-state index contributed by atoms with van der Waals surface area (Å²) in [5.74, 6) is -0.102. The van der Waals surface area contributed by atoms with Crippen LogP contribution in [0.3, 0.4) is 0 Å². The topological polar surface area (TPSA) is 78.6 Å². The van der Waals surface area contributed by atoms with Crippen molar-refractivity contribution in [3.63, 3.8) is 0 Å². The van der Waals surface area contributed by atoms with Gasteiger partial charge in [-0.2, -0.15) is 13.2 Å². The van der Waals surface area contributed by atoms with E-state index in [0.717, 1.165) is 12.1 Å². The summed E-state index contributed by atoms with van der Waals surface area (Å²) in [6.45, 7) is 0.991. The van der Waals surface area contributed by atoms with Crippen LogP contribution < -0.4 is 5.32 Å². The molecule has 1 saturated heterocycles. The molecule has 1 aromatic carbocycles. The molecule has 0 saturated carbocycles. The predicted molar refractivity (Wildman–Crippen MR) is 97.3 cm³/mol. The lowest BCUT2D eigenvalue weighted by molar-refractivity contribution is -0.137. The number of aromatic nitrogens is 4. The summed E-state index contributed by atoms with van der Waals surface area (Å²) < 4.78 is 53.9. The zero-order chi connectivity index (χ0) is 20.8. The van der Waals surface area contributed by atoms with Gasteiger partial charge in [-0.1, -0.05) is 0 Å². The number of piperidine rings is 1. The highest BCUT2D eigenvalue weighted by atomic mass is 19.4. The molecule has 2 aromatic heterocycles. The monoisotopic (exact) mass is 410 g/mol. The molecule has 3 aromatic rings. The lowest BCUT2D eigenvalue weighted by Gasteiger charge is -2.32. The first kappa shape index (κ1) is 19.4. The van der Waals surface area contributed by atoms with E-state index in [4.69, 9.17) is 0 Å². The van der Waals surface area contributed by atoms with E-state index in [1.807, 2.05) is 11.9 Å². The average Bonchev–Trinajstić information content (AvgIpc) is 3.11. The van der Waals surface area contributed by atoms with Crippen LogP contribution in [0.2, 0.25) is 0 Å². The number of nitrogens with zero attached hydrogens (tertiary/aromatic N) is 5. The molecular formula is C18H18F4N6O. The fourth-order valence-electron chi connectivity index (χ4n) is 3.56. The van der Waals surface area contributed by atoms with Crippen molar-refractivity contribution in [2.75, 3.05) is 25.5 Å². The summed E-state index contributed by atoms with van der Waals surface area (Å²) in [4.78, 5) is 6.10. The Morgan fingerprint density at radius 3 is 2.69 bits per heavy atom. The van der Waals surface area contributed by atoms with Crippen LogP contribution in [-0.4, -0.2) is 61.9 Å². The number of rotatable bonds is 3. The Morgan fingerprint density at radius 2 is 2.00 bits per heavy atom. The van der Waals surface area contributed by atoms with Gasteiger partial charge in [-0.15, -0.1) is 10.2 Å². The van der Waals surface area contributed by atoms with Gasteiger partial charge in [0.05, 0.1) is 11.1 Å². The number of likely N-dealkylation sites (tertiary alicyclic amines) is 1. The van der Waals surface area contributed by atoms with Crippen LogP contribution in [0.1, 0.15) is 12.0 Å². The number of halogens is 4. The zero-order valence-electron chi connectivity index (χ0n) is 15.4. The van der Waals surface area contributed by atoms with Gasteiger partial charge >= 0.3 is 6.18 Å². The summed E-state index contributed by atoms with van der Waals surface area (Å²) in [5, 5.41) is 21.4. The number of anilines is 1. The number of aromatic hydroxyl groups is 1. The minimum atomic E-state index is -4.57. The Kier molecular flexibility index (Phi) is 4.77. The Hall–Kier alpha value is -2.95. The number of nitrogens with one attached hydrogen (secondary N) is 1. The van der Waals surface area contributed by atoms with Gasteiger partial charge in [0.1, 0.15) is 11.9 Å². The summed E-state index contributed by atoms with van der Waals surface area (Å²) in [6, 6.07) is 2.46. The molecule has 29 heavy (non-hydrogen) atoms. The Bertz CT molecular complexity index is 1030. The smallest absolute Gasteiger partial charge is 0.416 e. The maximum atomic E-state index is 13.8. The quantitative estimate of drug-likeness (QED) is 0.647. The van der Waals surface area contributed by atoms with Crippen LogP contribution in [-0.2, 0) is 6.18 Å². The fourth-order valence-corrected chi connectivity index (χ4v) is 3.56. The van der Waals surface area contributed by atoms with E-state index in [9.17, 15) is 22.7 Å². The molecular weight excluding hydrogens is 392 g/mol. The SMILES string of the molecule is CN1C[C@@H](F)C[C@H](Nc2nnc(-c3ccc(C(F)(F)F)cc3O)n3ccnc23)C1. The van der Waals surface area contributed by atoms with Crippen molar-refractivity contribution >= 4 is 11.5 Å². The third-order valence-corrected chi connectivity index (χ3v) is 4.81. The Balaban J connectivity index is 1.69. The van der Waals surface area contributed by atoms with E-state index >= 15 is 0 Å². The number of fused-ring (bicyclic) bond motifs is 1. The molecule has 0 unspecified atom stereocenters. The molecule has 154 valence electrons. The molecule has 1 fully saturated rings. The summed E-state index contributed by atoms with van der Waals surface area (Å²) in [5.41, 5.74) is -0.506. The second kappa shape index (κ2) is 7.14. The van der Waals surface area contributed by atoms with Gasteiger partial charge in [0.15, 0.2) is 17.3 Å². The van der Waals surface area contributed by atoms with Crippen molar-refractivity contribution in [1.82, 2.24) is 24.5 Å².